The molecule has 2 aromatic rings. The van der Waals surface area contributed by atoms with Crippen molar-refractivity contribution >= 4 is 29.4 Å². The fourth-order valence-electron chi connectivity index (χ4n) is 2.14. The minimum atomic E-state index is -0.852. The van der Waals surface area contributed by atoms with Crippen LogP contribution in [-0.4, -0.2) is 43.9 Å². The van der Waals surface area contributed by atoms with Crippen LogP contribution in [0.25, 0.3) is 0 Å². The Bertz CT molecular complexity index is 883. The first-order valence-electron chi connectivity index (χ1n) is 8.21. The van der Waals surface area contributed by atoms with Gasteiger partial charge in [-0.05, 0) is 36.4 Å². The summed E-state index contributed by atoms with van der Waals surface area (Å²) >= 11 is 0. The van der Waals surface area contributed by atoms with Crippen LogP contribution in [0, 0.1) is 5.82 Å². The summed E-state index contributed by atoms with van der Waals surface area (Å²) in [5, 5.41) is 7.18. The summed E-state index contributed by atoms with van der Waals surface area (Å²) in [6.07, 6.45) is 0. The zero-order valence-corrected chi connectivity index (χ0v) is 15.0. The van der Waals surface area contributed by atoms with E-state index in [1.54, 1.807) is 0 Å². The van der Waals surface area contributed by atoms with Gasteiger partial charge >= 0.3 is 5.97 Å². The fourth-order valence-corrected chi connectivity index (χ4v) is 2.14. The van der Waals surface area contributed by atoms with Crippen molar-refractivity contribution in [1.29, 1.82) is 0 Å². The third-order valence-corrected chi connectivity index (χ3v) is 3.53. The third kappa shape index (κ3) is 5.90. The average molecular weight is 387 g/mol. The highest BCUT2D eigenvalue weighted by Crippen LogP contribution is 2.09. The number of benzene rings is 2. The molecule has 0 saturated carbocycles. The van der Waals surface area contributed by atoms with Crippen LogP contribution in [0.15, 0.2) is 48.5 Å². The lowest BCUT2D eigenvalue weighted by molar-refractivity contribution is -0.146. The highest BCUT2D eigenvalue weighted by atomic mass is 19.1. The standard InChI is InChI=1S/C19H18FN3O5/c1-21-18(26)12-6-8-13(9-7-12)23-16(24)11-28-17(25)10-22-19(27)14-4-2-3-5-15(14)20/h2-9H,10-11H2,1H3,(H,21,26)(H,22,27)(H,23,24). The Balaban J connectivity index is 1.75. The molecule has 28 heavy (non-hydrogen) atoms. The highest BCUT2D eigenvalue weighted by Gasteiger charge is 2.13. The number of amides is 3. The van der Waals surface area contributed by atoms with Gasteiger partial charge in [0.25, 0.3) is 17.7 Å². The topological polar surface area (TPSA) is 114 Å². The van der Waals surface area contributed by atoms with Crippen LogP contribution in [0.3, 0.4) is 0 Å². The van der Waals surface area contributed by atoms with E-state index in [1.807, 2.05) is 0 Å². The van der Waals surface area contributed by atoms with E-state index in [-0.39, 0.29) is 11.5 Å². The van der Waals surface area contributed by atoms with Gasteiger partial charge in [0.2, 0.25) is 0 Å². The molecule has 2 rings (SSSR count). The van der Waals surface area contributed by atoms with Crippen molar-refractivity contribution in [3.05, 3.63) is 65.5 Å². The van der Waals surface area contributed by atoms with Crippen molar-refractivity contribution in [2.75, 3.05) is 25.5 Å². The molecule has 2 aromatic carbocycles. The van der Waals surface area contributed by atoms with Crippen molar-refractivity contribution in [1.82, 2.24) is 10.6 Å². The average Bonchev–Trinajstić information content (AvgIpc) is 2.70. The van der Waals surface area contributed by atoms with Crippen molar-refractivity contribution in [3.63, 3.8) is 0 Å². The summed E-state index contributed by atoms with van der Waals surface area (Å²) in [5.74, 6) is -3.19. The molecule has 0 aliphatic rings. The number of hydrogen-bond acceptors (Lipinski definition) is 5. The van der Waals surface area contributed by atoms with Gasteiger partial charge in [0, 0.05) is 18.3 Å². The number of carbonyl (C=O) groups excluding carboxylic acids is 4. The Morgan fingerprint density at radius 1 is 0.964 bits per heavy atom. The second-order valence-electron chi connectivity index (χ2n) is 5.53. The first-order valence-corrected chi connectivity index (χ1v) is 8.21. The molecule has 0 aliphatic carbocycles. The minimum Gasteiger partial charge on any atom is -0.454 e. The number of rotatable bonds is 7. The van der Waals surface area contributed by atoms with Crippen molar-refractivity contribution in [3.8, 4) is 0 Å². The number of halogens is 1. The van der Waals surface area contributed by atoms with Gasteiger partial charge in [-0.3, -0.25) is 19.2 Å². The van der Waals surface area contributed by atoms with Crippen LogP contribution < -0.4 is 16.0 Å². The maximum atomic E-state index is 13.5. The molecule has 0 atom stereocenters. The van der Waals surface area contributed by atoms with Gasteiger partial charge in [0.1, 0.15) is 12.4 Å². The molecule has 3 amide bonds. The Morgan fingerprint density at radius 3 is 2.29 bits per heavy atom. The van der Waals surface area contributed by atoms with Gasteiger partial charge in [-0.1, -0.05) is 12.1 Å². The predicted molar refractivity (Wildman–Crippen MR) is 98.2 cm³/mol. The first kappa shape index (κ1) is 20.6. The normalized spacial score (nSPS) is 9.93. The molecular formula is C19H18FN3O5. The van der Waals surface area contributed by atoms with E-state index >= 15 is 0 Å². The van der Waals surface area contributed by atoms with E-state index in [0.717, 1.165) is 6.07 Å². The predicted octanol–water partition coefficient (Wildman–Crippen LogP) is 1.10. The van der Waals surface area contributed by atoms with Crippen LogP contribution in [0.5, 0.6) is 0 Å². The highest BCUT2D eigenvalue weighted by molar-refractivity contribution is 5.97. The van der Waals surface area contributed by atoms with Crippen LogP contribution in [0.2, 0.25) is 0 Å². The largest absolute Gasteiger partial charge is 0.454 e. The molecule has 0 radical (unpaired) electrons. The van der Waals surface area contributed by atoms with Gasteiger partial charge in [-0.25, -0.2) is 4.39 Å². The van der Waals surface area contributed by atoms with Gasteiger partial charge in [0.15, 0.2) is 6.61 Å². The van der Waals surface area contributed by atoms with Gasteiger partial charge in [-0.15, -0.1) is 0 Å². The first-order chi connectivity index (χ1) is 13.4. The molecule has 8 nitrogen and oxygen atoms in total. The monoisotopic (exact) mass is 387 g/mol. The van der Waals surface area contributed by atoms with Crippen molar-refractivity contribution in [2.24, 2.45) is 0 Å². The summed E-state index contributed by atoms with van der Waals surface area (Å²) in [7, 11) is 1.51. The molecule has 3 N–H and O–H groups in total. The minimum absolute atomic E-state index is 0.201. The Morgan fingerprint density at radius 2 is 1.64 bits per heavy atom. The quantitative estimate of drug-likeness (QED) is 0.616. The van der Waals surface area contributed by atoms with E-state index in [9.17, 15) is 23.6 Å². The number of esters is 1. The zero-order valence-electron chi connectivity index (χ0n) is 15.0. The second kappa shape index (κ2) is 9.81. The molecule has 0 aromatic heterocycles. The Hall–Kier alpha value is -3.75. The van der Waals surface area contributed by atoms with Crippen LogP contribution in [-0.2, 0) is 14.3 Å². The molecule has 9 heteroatoms. The molecular weight excluding hydrogens is 369 g/mol. The molecule has 0 unspecified atom stereocenters. The van der Waals surface area contributed by atoms with Crippen LogP contribution in [0.1, 0.15) is 20.7 Å². The van der Waals surface area contributed by atoms with Crippen molar-refractivity contribution in [2.45, 2.75) is 0 Å². The second-order valence-corrected chi connectivity index (χ2v) is 5.53. The summed E-state index contributed by atoms with van der Waals surface area (Å²) in [4.78, 5) is 46.6. The summed E-state index contributed by atoms with van der Waals surface area (Å²) in [5.41, 5.74) is 0.646. The summed E-state index contributed by atoms with van der Waals surface area (Å²) < 4.78 is 18.2. The van der Waals surface area contributed by atoms with Crippen molar-refractivity contribution < 1.29 is 28.3 Å². The lowest BCUT2D eigenvalue weighted by atomic mass is 10.2. The molecule has 0 aliphatic heterocycles. The van der Waals surface area contributed by atoms with E-state index in [2.05, 4.69) is 16.0 Å². The van der Waals surface area contributed by atoms with Crippen LogP contribution >= 0.6 is 0 Å². The number of ether oxygens (including phenoxy) is 1. The number of nitrogens with one attached hydrogen (secondary N) is 3. The van der Waals surface area contributed by atoms with Gasteiger partial charge in [0.05, 0.1) is 5.56 Å². The molecule has 0 bridgehead atoms. The summed E-state index contributed by atoms with van der Waals surface area (Å²) in [6.45, 7) is -1.08. The maximum absolute atomic E-state index is 13.5. The lowest BCUT2D eigenvalue weighted by Gasteiger charge is -2.08. The number of anilines is 1. The zero-order chi connectivity index (χ0) is 20.5. The lowest BCUT2D eigenvalue weighted by Crippen LogP contribution is -2.32. The number of carbonyl (C=O) groups is 4. The van der Waals surface area contributed by atoms with Gasteiger partial charge in [-0.2, -0.15) is 0 Å². The summed E-state index contributed by atoms with van der Waals surface area (Å²) in [6, 6.07) is 11.4. The van der Waals surface area contributed by atoms with E-state index in [0.29, 0.717) is 11.3 Å². The maximum Gasteiger partial charge on any atom is 0.325 e. The molecule has 0 fully saturated rings. The van der Waals surface area contributed by atoms with Crippen LogP contribution in [0.4, 0.5) is 10.1 Å². The molecule has 0 spiro atoms. The molecule has 146 valence electrons. The SMILES string of the molecule is CNC(=O)c1ccc(NC(=O)COC(=O)CNC(=O)c2ccccc2F)cc1. The number of hydrogen-bond donors (Lipinski definition) is 3. The van der Waals surface area contributed by atoms with E-state index in [4.69, 9.17) is 4.74 Å². The van der Waals surface area contributed by atoms with E-state index in [1.165, 1.54) is 49.5 Å². The Kier molecular flexibility index (Phi) is 7.21. The molecule has 0 heterocycles. The van der Waals surface area contributed by atoms with Gasteiger partial charge < -0.3 is 20.7 Å². The fraction of sp³-hybridized carbons (Fsp3) is 0.158. The Labute approximate surface area is 160 Å². The van der Waals surface area contributed by atoms with E-state index < -0.39 is 36.8 Å². The third-order valence-electron chi connectivity index (χ3n) is 3.53. The molecule has 0 saturated heterocycles. The smallest absolute Gasteiger partial charge is 0.325 e.